The highest BCUT2D eigenvalue weighted by Gasteiger charge is 2.41. The van der Waals surface area contributed by atoms with Crippen molar-refractivity contribution in [2.75, 3.05) is 13.2 Å². The maximum atomic E-state index is 15.5. The van der Waals surface area contributed by atoms with Crippen LogP contribution in [0.4, 0.5) is 4.39 Å². The molecule has 2 atom stereocenters. The van der Waals surface area contributed by atoms with Gasteiger partial charge in [0.25, 0.3) is 0 Å². The summed E-state index contributed by atoms with van der Waals surface area (Å²) < 4.78 is 55.1. The average molecular weight is 514 g/mol. The Morgan fingerprint density at radius 1 is 1.14 bits per heavy atom. The number of aromatic nitrogens is 1. The summed E-state index contributed by atoms with van der Waals surface area (Å²) in [5, 5.41) is 2.91. The summed E-state index contributed by atoms with van der Waals surface area (Å²) in [6.45, 7) is 3.45. The Morgan fingerprint density at radius 2 is 1.92 bits per heavy atom. The molecule has 2 aromatic carbocycles. The molecular weight excluding hydrogens is 481 g/mol. The first-order chi connectivity index (χ1) is 17.4. The van der Waals surface area contributed by atoms with E-state index in [1.807, 2.05) is 43.3 Å². The van der Waals surface area contributed by atoms with Crippen molar-refractivity contribution in [2.24, 2.45) is 0 Å². The number of sulfonamides is 1. The number of hydrogen-bond acceptors (Lipinski definition) is 6. The molecule has 0 radical (unpaired) electrons. The second kappa shape index (κ2) is 10.4. The van der Waals surface area contributed by atoms with Crippen molar-refractivity contribution in [2.45, 2.75) is 62.5 Å². The van der Waals surface area contributed by atoms with Crippen LogP contribution in [0.1, 0.15) is 60.4 Å². The van der Waals surface area contributed by atoms with Crippen molar-refractivity contribution in [1.82, 2.24) is 14.6 Å². The summed E-state index contributed by atoms with van der Waals surface area (Å²) in [4.78, 5) is 4.17. The lowest BCUT2D eigenvalue weighted by atomic mass is 9.82. The molecule has 2 aliphatic rings. The molecule has 3 aromatic rings. The van der Waals surface area contributed by atoms with Crippen LogP contribution >= 0.6 is 0 Å². The monoisotopic (exact) mass is 513 g/mol. The van der Waals surface area contributed by atoms with Gasteiger partial charge in [-0.25, -0.2) is 17.8 Å². The zero-order chi connectivity index (χ0) is 25.2. The smallest absolute Gasteiger partial charge is 0.221 e. The highest BCUT2D eigenvalue weighted by Crippen LogP contribution is 2.39. The number of ether oxygens (including phenoxy) is 1. The molecule has 0 bridgehead atoms. The third-order valence-corrected chi connectivity index (χ3v) is 9.91. The predicted octanol–water partition coefficient (Wildman–Crippen LogP) is 4.66. The molecule has 2 saturated heterocycles. The Bertz CT molecular complexity index is 1260. The van der Waals surface area contributed by atoms with E-state index in [-0.39, 0.29) is 12.6 Å². The summed E-state index contributed by atoms with van der Waals surface area (Å²) in [6.07, 6.45) is 5.78. The molecule has 2 aliphatic heterocycles. The highest BCUT2D eigenvalue weighted by atomic mass is 32.2. The van der Waals surface area contributed by atoms with Crippen LogP contribution in [0.25, 0.3) is 0 Å². The highest BCUT2D eigenvalue weighted by molar-refractivity contribution is 7.89. The second-order valence-corrected chi connectivity index (χ2v) is 11.8. The third-order valence-electron chi connectivity index (χ3n) is 7.54. The molecule has 9 heteroatoms. The van der Waals surface area contributed by atoms with Crippen molar-refractivity contribution in [3.8, 4) is 0 Å². The number of nitrogens with one attached hydrogen (secondary N) is 1. The summed E-state index contributed by atoms with van der Waals surface area (Å²) in [5.74, 6) is 0.163. The Morgan fingerprint density at radius 3 is 2.61 bits per heavy atom. The summed E-state index contributed by atoms with van der Waals surface area (Å²) >= 11 is 0. The SMILES string of the molecule is C[C@H]1CC[C@H](c2ccccc2)S(=O)(=O)N1Cc1ccc(C2(NCc3ncco3)CCOCC2)cc1F. The molecule has 192 valence electrons. The van der Waals surface area contributed by atoms with Gasteiger partial charge in [-0.15, -0.1) is 0 Å². The molecule has 7 nitrogen and oxygen atoms in total. The lowest BCUT2D eigenvalue weighted by Crippen LogP contribution is -2.46. The van der Waals surface area contributed by atoms with E-state index in [1.165, 1.54) is 10.6 Å². The fourth-order valence-corrected chi connectivity index (χ4v) is 7.55. The number of halogens is 1. The van der Waals surface area contributed by atoms with E-state index in [0.29, 0.717) is 50.5 Å². The zero-order valence-electron chi connectivity index (χ0n) is 20.4. The van der Waals surface area contributed by atoms with Crippen molar-refractivity contribution >= 4 is 10.0 Å². The van der Waals surface area contributed by atoms with Crippen LogP contribution in [-0.2, 0) is 33.4 Å². The number of nitrogens with zero attached hydrogens (tertiary/aromatic N) is 2. The Labute approximate surface area is 211 Å². The molecule has 1 aromatic heterocycles. The normalized spacial score (nSPS) is 23.9. The Hall–Kier alpha value is -2.59. The lowest BCUT2D eigenvalue weighted by Gasteiger charge is -2.39. The molecule has 0 amide bonds. The topological polar surface area (TPSA) is 84.7 Å². The van der Waals surface area contributed by atoms with Gasteiger partial charge < -0.3 is 9.15 Å². The molecular formula is C27H32FN3O4S. The lowest BCUT2D eigenvalue weighted by molar-refractivity contribution is 0.0347. The van der Waals surface area contributed by atoms with Crippen LogP contribution in [-0.4, -0.2) is 37.0 Å². The van der Waals surface area contributed by atoms with E-state index >= 15 is 4.39 Å². The molecule has 0 unspecified atom stereocenters. The van der Waals surface area contributed by atoms with Crippen LogP contribution in [0.5, 0.6) is 0 Å². The van der Waals surface area contributed by atoms with E-state index in [0.717, 1.165) is 17.5 Å². The van der Waals surface area contributed by atoms with Crippen LogP contribution in [0.2, 0.25) is 0 Å². The molecule has 0 saturated carbocycles. The van der Waals surface area contributed by atoms with E-state index in [4.69, 9.17) is 9.15 Å². The van der Waals surface area contributed by atoms with Crippen LogP contribution in [0.15, 0.2) is 65.4 Å². The minimum Gasteiger partial charge on any atom is -0.448 e. The van der Waals surface area contributed by atoms with Gasteiger partial charge in [-0.3, -0.25) is 5.32 Å². The van der Waals surface area contributed by atoms with Crippen molar-refractivity contribution in [3.05, 3.63) is 89.4 Å². The van der Waals surface area contributed by atoms with Gasteiger partial charge >= 0.3 is 0 Å². The standard InChI is InChI=1S/C27H32FN3O4S/c1-20-7-10-25(21-5-3-2-4-6-21)36(32,33)31(20)19-22-8-9-23(17-24(22)28)27(11-14-34-15-12-27)30-18-26-29-13-16-35-26/h2-6,8-9,13,16-17,20,25,30H,7,10-12,14-15,18-19H2,1H3/t20-,25+/m0/s1. The van der Waals surface area contributed by atoms with E-state index < -0.39 is 26.6 Å². The molecule has 0 aliphatic carbocycles. The molecule has 3 heterocycles. The van der Waals surface area contributed by atoms with Gasteiger partial charge in [0.2, 0.25) is 15.9 Å². The van der Waals surface area contributed by atoms with Gasteiger partial charge in [0, 0.05) is 36.9 Å². The van der Waals surface area contributed by atoms with Gasteiger partial charge in [0.1, 0.15) is 17.3 Å². The third kappa shape index (κ3) is 4.98. The molecule has 5 rings (SSSR count). The first-order valence-corrected chi connectivity index (χ1v) is 13.9. The Kier molecular flexibility index (Phi) is 7.25. The minimum atomic E-state index is -3.64. The zero-order valence-corrected chi connectivity index (χ0v) is 21.2. The number of hydrogen-bond donors (Lipinski definition) is 1. The van der Waals surface area contributed by atoms with Crippen molar-refractivity contribution in [3.63, 3.8) is 0 Å². The predicted molar refractivity (Wildman–Crippen MR) is 134 cm³/mol. The summed E-state index contributed by atoms with van der Waals surface area (Å²) in [6, 6.07) is 14.3. The van der Waals surface area contributed by atoms with Crippen molar-refractivity contribution < 1.29 is 22.0 Å². The van der Waals surface area contributed by atoms with E-state index in [9.17, 15) is 8.42 Å². The number of benzene rings is 2. The molecule has 1 N–H and O–H groups in total. The fraction of sp³-hybridized carbons (Fsp3) is 0.444. The van der Waals surface area contributed by atoms with E-state index in [1.54, 1.807) is 18.3 Å². The molecule has 0 spiro atoms. The number of oxazole rings is 1. The maximum Gasteiger partial charge on any atom is 0.221 e. The van der Waals surface area contributed by atoms with Crippen LogP contribution in [0, 0.1) is 5.82 Å². The Balaban J connectivity index is 1.39. The second-order valence-electron chi connectivity index (χ2n) is 9.70. The van der Waals surface area contributed by atoms with Crippen LogP contribution < -0.4 is 5.32 Å². The average Bonchev–Trinajstić information content (AvgIpc) is 3.41. The van der Waals surface area contributed by atoms with Crippen molar-refractivity contribution in [1.29, 1.82) is 0 Å². The minimum absolute atomic E-state index is 0.0127. The quantitative estimate of drug-likeness (QED) is 0.495. The summed E-state index contributed by atoms with van der Waals surface area (Å²) in [7, 11) is -3.64. The molecule has 36 heavy (non-hydrogen) atoms. The first kappa shape index (κ1) is 25.1. The summed E-state index contributed by atoms with van der Waals surface area (Å²) in [5.41, 5.74) is 1.49. The fourth-order valence-electron chi connectivity index (χ4n) is 5.37. The van der Waals surface area contributed by atoms with Gasteiger partial charge in [0.05, 0.1) is 12.7 Å². The van der Waals surface area contributed by atoms with Gasteiger partial charge in [0.15, 0.2) is 0 Å². The van der Waals surface area contributed by atoms with Gasteiger partial charge in [-0.2, -0.15) is 4.31 Å². The van der Waals surface area contributed by atoms with E-state index in [2.05, 4.69) is 10.3 Å². The van der Waals surface area contributed by atoms with Gasteiger partial charge in [-0.05, 0) is 49.8 Å². The first-order valence-electron chi connectivity index (χ1n) is 12.4. The maximum absolute atomic E-state index is 15.5. The number of rotatable bonds is 7. The van der Waals surface area contributed by atoms with Crippen LogP contribution in [0.3, 0.4) is 0 Å². The van der Waals surface area contributed by atoms with Gasteiger partial charge in [-0.1, -0.05) is 42.5 Å². The molecule has 2 fully saturated rings. The largest absolute Gasteiger partial charge is 0.448 e.